The van der Waals surface area contributed by atoms with Gasteiger partial charge in [-0.3, -0.25) is 0 Å². The van der Waals surface area contributed by atoms with Crippen molar-refractivity contribution >= 4 is 11.9 Å². The maximum absolute atomic E-state index is 9.00. The van der Waals surface area contributed by atoms with Crippen LogP contribution in [0.5, 0.6) is 0 Å². The molecular weight excluding hydrogens is 380 g/mol. The van der Waals surface area contributed by atoms with Crippen LogP contribution >= 0.6 is 0 Å². The Morgan fingerprint density at radius 3 is 2.60 bits per heavy atom. The fraction of sp³-hybridized carbons (Fsp3) is 0.381. The Bertz CT molecular complexity index is 1030. The molecule has 1 saturated heterocycles. The van der Waals surface area contributed by atoms with Gasteiger partial charge in [0.05, 0.1) is 49.3 Å². The Labute approximate surface area is 175 Å². The Kier molecular flexibility index (Phi) is 5.86. The van der Waals surface area contributed by atoms with Gasteiger partial charge in [-0.2, -0.15) is 20.2 Å². The molecule has 3 heterocycles. The number of rotatable bonds is 6. The summed E-state index contributed by atoms with van der Waals surface area (Å²) in [5.74, 6) is 1.84. The van der Waals surface area contributed by atoms with E-state index in [4.69, 9.17) is 10.00 Å². The molecule has 0 amide bonds. The van der Waals surface area contributed by atoms with Crippen molar-refractivity contribution in [1.82, 2.24) is 24.5 Å². The Morgan fingerprint density at radius 2 is 1.93 bits per heavy atom. The fourth-order valence-electron chi connectivity index (χ4n) is 3.30. The first kappa shape index (κ1) is 19.8. The summed E-state index contributed by atoms with van der Waals surface area (Å²) in [6, 6.07) is 9.62. The molecule has 1 aliphatic rings. The first-order chi connectivity index (χ1) is 14.6. The summed E-state index contributed by atoms with van der Waals surface area (Å²) in [7, 11) is 1.94. The van der Waals surface area contributed by atoms with Crippen LogP contribution in [0.15, 0.2) is 36.8 Å². The summed E-state index contributed by atoms with van der Waals surface area (Å²) in [5, 5.41) is 12.4. The summed E-state index contributed by atoms with van der Waals surface area (Å²) in [6.45, 7) is 4.85. The van der Waals surface area contributed by atoms with Gasteiger partial charge in [0, 0.05) is 26.3 Å². The van der Waals surface area contributed by atoms with Gasteiger partial charge in [-0.25, -0.2) is 4.98 Å². The Hall–Kier alpha value is -3.51. The molecule has 0 saturated carbocycles. The molecule has 0 unspecified atom stereocenters. The number of hydrogen-bond donors (Lipinski definition) is 1. The number of morpholine rings is 1. The lowest BCUT2D eigenvalue weighted by Crippen LogP contribution is -2.37. The number of ether oxygens (including phenoxy) is 1. The second-order valence-corrected chi connectivity index (χ2v) is 7.28. The smallest absolute Gasteiger partial charge is 0.230 e. The van der Waals surface area contributed by atoms with E-state index in [1.165, 1.54) is 0 Å². The van der Waals surface area contributed by atoms with Crippen molar-refractivity contribution in [1.29, 1.82) is 5.26 Å². The van der Waals surface area contributed by atoms with Crippen LogP contribution < -0.4 is 10.2 Å². The molecule has 30 heavy (non-hydrogen) atoms. The topological polar surface area (TPSA) is 105 Å². The number of nitrogens with one attached hydrogen (secondary N) is 1. The maximum atomic E-state index is 9.00. The van der Waals surface area contributed by atoms with Crippen molar-refractivity contribution in [3.8, 4) is 6.07 Å². The van der Waals surface area contributed by atoms with Gasteiger partial charge in [0.2, 0.25) is 11.9 Å². The third-order valence-electron chi connectivity index (χ3n) is 4.95. The molecule has 1 aliphatic heterocycles. The molecule has 9 nitrogen and oxygen atoms in total. The van der Waals surface area contributed by atoms with Gasteiger partial charge in [0.25, 0.3) is 0 Å². The van der Waals surface area contributed by atoms with Gasteiger partial charge in [-0.1, -0.05) is 12.1 Å². The summed E-state index contributed by atoms with van der Waals surface area (Å²) in [5.41, 5.74) is 2.59. The molecule has 0 radical (unpaired) electrons. The van der Waals surface area contributed by atoms with Crippen LogP contribution in [0.4, 0.5) is 11.9 Å². The Balaban J connectivity index is 1.59. The molecule has 1 aromatic carbocycles. The predicted molar refractivity (Wildman–Crippen MR) is 112 cm³/mol. The van der Waals surface area contributed by atoms with Crippen LogP contribution in [-0.2, 0) is 18.2 Å². The van der Waals surface area contributed by atoms with Crippen LogP contribution in [0.2, 0.25) is 0 Å². The normalized spacial score (nSPS) is 14.9. The molecule has 154 valence electrons. The average Bonchev–Trinajstić information content (AvgIpc) is 3.18. The number of benzene rings is 1. The lowest BCUT2D eigenvalue weighted by Gasteiger charge is -2.27. The van der Waals surface area contributed by atoms with Gasteiger partial charge in [0.15, 0.2) is 0 Å². The SMILES string of the molecule is C[C@H](Nc1nc(Cc2cn(C)cn2)nc(N2CCOCC2)n1)c1ccc(C#N)cc1. The van der Waals surface area contributed by atoms with Crippen molar-refractivity contribution in [2.45, 2.75) is 19.4 Å². The minimum Gasteiger partial charge on any atom is -0.378 e. The number of aromatic nitrogens is 5. The summed E-state index contributed by atoms with van der Waals surface area (Å²) in [6.07, 6.45) is 4.26. The monoisotopic (exact) mass is 404 g/mol. The number of anilines is 2. The van der Waals surface area contributed by atoms with E-state index in [0.29, 0.717) is 42.9 Å². The van der Waals surface area contributed by atoms with Gasteiger partial charge >= 0.3 is 0 Å². The molecule has 1 N–H and O–H groups in total. The van der Waals surface area contributed by atoms with E-state index < -0.39 is 0 Å². The van der Waals surface area contributed by atoms with Crippen LogP contribution in [0, 0.1) is 11.3 Å². The van der Waals surface area contributed by atoms with Crippen molar-refractivity contribution in [2.75, 3.05) is 36.5 Å². The van der Waals surface area contributed by atoms with E-state index in [9.17, 15) is 0 Å². The van der Waals surface area contributed by atoms with Crippen LogP contribution in [0.1, 0.15) is 35.6 Å². The van der Waals surface area contributed by atoms with Crippen molar-refractivity contribution in [3.63, 3.8) is 0 Å². The molecule has 1 fully saturated rings. The minimum absolute atomic E-state index is 0.0274. The van der Waals surface area contributed by atoms with Crippen LogP contribution in [0.25, 0.3) is 0 Å². The second-order valence-electron chi connectivity index (χ2n) is 7.28. The minimum atomic E-state index is -0.0274. The number of hydrogen-bond acceptors (Lipinski definition) is 8. The number of nitriles is 1. The summed E-state index contributed by atoms with van der Waals surface area (Å²) in [4.78, 5) is 20.5. The molecular formula is C21H24N8O. The van der Waals surface area contributed by atoms with E-state index in [0.717, 1.165) is 24.3 Å². The zero-order chi connectivity index (χ0) is 20.9. The van der Waals surface area contributed by atoms with Crippen LogP contribution in [0.3, 0.4) is 0 Å². The number of aryl methyl sites for hydroxylation is 1. The van der Waals surface area contributed by atoms with Gasteiger partial charge in [-0.05, 0) is 24.6 Å². The van der Waals surface area contributed by atoms with Crippen molar-refractivity contribution < 1.29 is 4.74 Å². The zero-order valence-electron chi connectivity index (χ0n) is 17.1. The molecule has 0 aliphatic carbocycles. The summed E-state index contributed by atoms with van der Waals surface area (Å²) >= 11 is 0. The fourth-order valence-corrected chi connectivity index (χ4v) is 3.30. The lowest BCUT2D eigenvalue weighted by atomic mass is 10.1. The summed E-state index contributed by atoms with van der Waals surface area (Å²) < 4.78 is 7.37. The number of imidazole rings is 1. The van der Waals surface area contributed by atoms with E-state index in [2.05, 4.69) is 36.2 Å². The molecule has 3 aromatic rings. The third-order valence-corrected chi connectivity index (χ3v) is 4.95. The molecule has 9 heteroatoms. The number of nitrogens with zero attached hydrogens (tertiary/aromatic N) is 7. The van der Waals surface area contributed by atoms with E-state index >= 15 is 0 Å². The molecule has 1 atom stereocenters. The van der Waals surface area contributed by atoms with Gasteiger partial charge in [0.1, 0.15) is 5.82 Å². The average molecular weight is 404 g/mol. The van der Waals surface area contributed by atoms with Crippen molar-refractivity contribution in [2.24, 2.45) is 7.05 Å². The molecule has 0 bridgehead atoms. The first-order valence-electron chi connectivity index (χ1n) is 9.92. The van der Waals surface area contributed by atoms with Crippen LogP contribution in [-0.4, -0.2) is 50.8 Å². The quantitative estimate of drug-likeness (QED) is 0.666. The van der Waals surface area contributed by atoms with Gasteiger partial charge < -0.3 is 19.5 Å². The standard InChI is InChI=1S/C21H24N8O/c1-15(17-5-3-16(12-22)4-6-17)24-20-25-19(11-18-13-28(2)14-23-18)26-21(27-20)29-7-9-30-10-8-29/h3-6,13-15H,7-11H2,1-2H3,(H,24,25,26,27)/t15-/m0/s1. The largest absolute Gasteiger partial charge is 0.378 e. The highest BCUT2D eigenvalue weighted by molar-refractivity contribution is 5.41. The zero-order valence-corrected chi connectivity index (χ0v) is 17.1. The van der Waals surface area contributed by atoms with E-state index in [1.54, 1.807) is 6.33 Å². The highest BCUT2D eigenvalue weighted by atomic mass is 16.5. The van der Waals surface area contributed by atoms with Crippen molar-refractivity contribution in [3.05, 3.63) is 59.4 Å². The molecule has 4 rings (SSSR count). The lowest BCUT2D eigenvalue weighted by molar-refractivity contribution is 0.122. The maximum Gasteiger partial charge on any atom is 0.230 e. The Morgan fingerprint density at radius 1 is 1.17 bits per heavy atom. The van der Waals surface area contributed by atoms with E-state index in [-0.39, 0.29) is 6.04 Å². The highest BCUT2D eigenvalue weighted by Crippen LogP contribution is 2.20. The predicted octanol–water partition coefficient (Wildman–Crippen LogP) is 2.08. The second kappa shape index (κ2) is 8.88. The molecule has 2 aromatic heterocycles. The van der Waals surface area contributed by atoms with Gasteiger partial charge in [-0.15, -0.1) is 0 Å². The first-order valence-corrected chi connectivity index (χ1v) is 9.92. The highest BCUT2D eigenvalue weighted by Gasteiger charge is 2.18. The van der Waals surface area contributed by atoms with E-state index in [1.807, 2.05) is 49.0 Å². The molecule has 0 spiro atoms. The third kappa shape index (κ3) is 4.72.